The molecule has 2 N–H and O–H groups in total. The van der Waals surface area contributed by atoms with Crippen molar-refractivity contribution in [2.75, 3.05) is 0 Å². The van der Waals surface area contributed by atoms with E-state index in [1.807, 2.05) is 0 Å². The second kappa shape index (κ2) is 18.6. The van der Waals surface area contributed by atoms with Crippen molar-refractivity contribution in [1.29, 1.82) is 0 Å². The number of rotatable bonds is 8. The van der Waals surface area contributed by atoms with Gasteiger partial charge in [-0.25, -0.2) is 9.36 Å². The minimum absolute atomic E-state index is 0. The molecule has 22 heteroatoms. The number of hydrogen-bond acceptors (Lipinski definition) is 12. The average Bonchev–Trinajstić information content (AvgIpc) is 3.56. The fraction of sp³-hybridized carbons (Fsp3) is 0.0625. The van der Waals surface area contributed by atoms with Gasteiger partial charge in [0.2, 0.25) is 0 Å². The van der Waals surface area contributed by atoms with E-state index in [0.29, 0.717) is 32.8 Å². The largest absolute Gasteiger partial charge is 3.00 e. The summed E-state index contributed by atoms with van der Waals surface area (Å²) in [7, 11) is 0. The number of para-hydroxylation sites is 2. The third-order valence-corrected chi connectivity index (χ3v) is 7.73. The van der Waals surface area contributed by atoms with Gasteiger partial charge in [-0.1, -0.05) is 71.1 Å². The first-order chi connectivity index (χ1) is 24.8. The quantitative estimate of drug-likeness (QED) is 0.0977. The molecule has 6 rings (SSSR count). The van der Waals surface area contributed by atoms with Crippen molar-refractivity contribution in [2.45, 2.75) is 13.8 Å². The smallest absolute Gasteiger partial charge is 0.871 e. The van der Waals surface area contributed by atoms with Crippen molar-refractivity contribution >= 4 is 57.3 Å². The van der Waals surface area contributed by atoms with E-state index in [-0.39, 0.29) is 81.0 Å². The van der Waals surface area contributed by atoms with Crippen molar-refractivity contribution in [3.8, 4) is 22.9 Å². The van der Waals surface area contributed by atoms with Crippen LogP contribution in [0.4, 0.5) is 34.1 Å². The fourth-order valence-electron chi connectivity index (χ4n) is 4.52. The number of nitrogens with zero attached hydrogens (tertiary/aromatic N) is 8. The summed E-state index contributed by atoms with van der Waals surface area (Å²) in [4.78, 5) is 45.4. The standard InChI is InChI=1S/2C16H12ClN5O4.Cr.Na/c2*1-9-15(16(24)21(20-9)13-5-3-2-4-11(13)17)19-18-12-8-10(22(25)26)6-7-14(12)23;;/h2*2-8,20,23H,1H3;;/q;;+3;+1/p-2. The topological polar surface area (TPSA) is 257 Å². The first-order valence-corrected chi connectivity index (χ1v) is 15.4. The van der Waals surface area contributed by atoms with Crippen LogP contribution in [0.15, 0.2) is 115 Å². The zero-order chi connectivity index (χ0) is 37.7. The van der Waals surface area contributed by atoms with E-state index in [1.54, 1.807) is 62.4 Å². The van der Waals surface area contributed by atoms with Gasteiger partial charge in [-0.2, -0.15) is 10.2 Å². The second-order valence-electron chi connectivity index (χ2n) is 10.6. The molecule has 0 unspecified atom stereocenters. The Bertz CT molecular complexity index is 2360. The average molecular weight is 820 g/mol. The molecule has 4 aromatic carbocycles. The first kappa shape index (κ1) is 43.0. The summed E-state index contributed by atoms with van der Waals surface area (Å²) in [6.07, 6.45) is 0. The maximum absolute atomic E-state index is 12.6. The van der Waals surface area contributed by atoms with E-state index in [9.17, 15) is 40.0 Å². The second-order valence-corrected chi connectivity index (χ2v) is 11.4. The summed E-state index contributed by atoms with van der Waals surface area (Å²) in [5, 5.41) is 66.6. The number of H-pyrrole nitrogens is 2. The van der Waals surface area contributed by atoms with E-state index in [0.717, 1.165) is 36.4 Å². The predicted molar refractivity (Wildman–Crippen MR) is 186 cm³/mol. The molecule has 0 fully saturated rings. The molecule has 0 amide bonds. The molecule has 2 aromatic heterocycles. The Labute approximate surface area is 346 Å². The van der Waals surface area contributed by atoms with E-state index >= 15 is 0 Å². The van der Waals surface area contributed by atoms with Gasteiger partial charge in [-0.15, -0.1) is 10.2 Å². The fourth-order valence-corrected chi connectivity index (χ4v) is 4.96. The van der Waals surface area contributed by atoms with Crippen LogP contribution >= 0.6 is 23.2 Å². The monoisotopic (exact) mass is 819 g/mol. The SMILES string of the molecule is Cc1[nH]n(-c2ccccc2Cl)c(=O)c1N=Nc1cc([N+](=O)[O-])ccc1[O-].Cc1[nH]n(-c2ccccc2Cl)c(=O)c1N=Nc1cc([N+](=O)[O-])ccc1[O-].[Cr+3].[Na+]. The van der Waals surface area contributed by atoms with Crippen LogP contribution in [0.2, 0.25) is 10.0 Å². The van der Waals surface area contributed by atoms with Gasteiger partial charge in [0.05, 0.1) is 54.0 Å². The molecule has 6 aromatic rings. The Morgan fingerprint density at radius 3 is 1.30 bits per heavy atom. The molecule has 0 atom stereocenters. The van der Waals surface area contributed by atoms with Gasteiger partial charge < -0.3 is 10.2 Å². The normalized spacial score (nSPS) is 10.7. The molecule has 54 heavy (non-hydrogen) atoms. The Hall–Kier alpha value is -5.39. The van der Waals surface area contributed by atoms with Crippen LogP contribution in [0.3, 0.4) is 0 Å². The van der Waals surface area contributed by atoms with E-state index in [2.05, 4.69) is 30.7 Å². The van der Waals surface area contributed by atoms with Crippen LogP contribution in [0.25, 0.3) is 11.4 Å². The zero-order valence-electron chi connectivity index (χ0n) is 28.1. The first-order valence-electron chi connectivity index (χ1n) is 14.6. The molecule has 0 saturated heterocycles. The summed E-state index contributed by atoms with van der Waals surface area (Å²) in [6.45, 7) is 3.21. The van der Waals surface area contributed by atoms with Crippen LogP contribution in [0.5, 0.6) is 11.5 Å². The number of azo groups is 2. The molecule has 0 aliphatic carbocycles. The van der Waals surface area contributed by atoms with Crippen molar-refractivity contribution in [3.05, 3.63) is 147 Å². The molecule has 0 aliphatic rings. The van der Waals surface area contributed by atoms with E-state index in [1.165, 1.54) is 9.36 Å². The van der Waals surface area contributed by atoms with Gasteiger partial charge in [0, 0.05) is 24.3 Å². The molecule has 0 bridgehead atoms. The number of benzene rings is 4. The summed E-state index contributed by atoms with van der Waals surface area (Å²) >= 11 is 12.2. The number of nitro benzene ring substituents is 2. The minimum Gasteiger partial charge on any atom is -0.871 e. The van der Waals surface area contributed by atoms with Crippen molar-refractivity contribution in [1.82, 2.24) is 19.6 Å². The molecule has 1 radical (unpaired) electrons. The van der Waals surface area contributed by atoms with E-state index < -0.39 is 32.5 Å². The number of aryl methyl sites for hydroxylation is 2. The summed E-state index contributed by atoms with van der Waals surface area (Å²) in [5.74, 6) is -1.09. The molecule has 18 nitrogen and oxygen atoms in total. The van der Waals surface area contributed by atoms with Gasteiger partial charge >= 0.3 is 46.9 Å². The molecule has 267 valence electrons. The molecular formula is C32H22Cl2CrN10NaO8+2. The molecule has 0 saturated carbocycles. The van der Waals surface area contributed by atoms with Gasteiger partial charge in [-0.3, -0.25) is 40.0 Å². The molecule has 2 heterocycles. The number of nitro groups is 2. The summed E-state index contributed by atoms with van der Waals surface area (Å²) in [5.41, 5.74) is -0.482. The van der Waals surface area contributed by atoms with Gasteiger partial charge in [0.1, 0.15) is 0 Å². The van der Waals surface area contributed by atoms with Crippen LogP contribution in [-0.4, -0.2) is 29.4 Å². The number of hydrogen-bond donors (Lipinski definition) is 2. The predicted octanol–water partition coefficient (Wildman–Crippen LogP) is 4.05. The van der Waals surface area contributed by atoms with Crippen molar-refractivity contribution < 1.29 is 67.0 Å². The Balaban J connectivity index is 0.000000280. The molecule has 0 spiro atoms. The number of aromatic amines is 2. The Morgan fingerprint density at radius 2 is 0.963 bits per heavy atom. The number of aromatic nitrogens is 4. The van der Waals surface area contributed by atoms with Crippen molar-refractivity contribution in [2.24, 2.45) is 20.5 Å². The molecular weight excluding hydrogens is 798 g/mol. The van der Waals surface area contributed by atoms with Crippen molar-refractivity contribution in [3.63, 3.8) is 0 Å². The van der Waals surface area contributed by atoms with Crippen LogP contribution in [-0.2, 0) is 17.4 Å². The summed E-state index contributed by atoms with van der Waals surface area (Å²) < 4.78 is 2.41. The maximum atomic E-state index is 12.6. The summed E-state index contributed by atoms with van der Waals surface area (Å²) in [6, 6.07) is 19.7. The maximum Gasteiger partial charge on any atom is 3.00 e. The Morgan fingerprint density at radius 1 is 0.611 bits per heavy atom. The number of nitrogens with one attached hydrogen (secondary N) is 2. The van der Waals surface area contributed by atoms with Crippen LogP contribution < -0.4 is 50.9 Å². The van der Waals surface area contributed by atoms with Crippen LogP contribution in [0.1, 0.15) is 11.4 Å². The van der Waals surface area contributed by atoms with Gasteiger partial charge in [-0.05, 0) is 38.1 Å². The number of halogens is 2. The number of non-ortho nitro benzene ring substituents is 2. The van der Waals surface area contributed by atoms with E-state index in [4.69, 9.17) is 23.2 Å². The zero-order valence-corrected chi connectivity index (χ0v) is 32.9. The minimum atomic E-state index is -0.648. The third-order valence-electron chi connectivity index (χ3n) is 7.09. The van der Waals surface area contributed by atoms with Gasteiger partial charge in [0.15, 0.2) is 11.4 Å². The van der Waals surface area contributed by atoms with Gasteiger partial charge in [0.25, 0.3) is 22.5 Å². The van der Waals surface area contributed by atoms with Crippen LogP contribution in [0, 0.1) is 34.1 Å². The molecule has 0 aliphatic heterocycles. The Kier molecular flexibility index (Phi) is 14.8. The third kappa shape index (κ3) is 9.58.